The van der Waals surface area contributed by atoms with Crippen molar-refractivity contribution in [3.8, 4) is 28.3 Å². The molecule has 0 saturated heterocycles. The molecule has 0 radical (unpaired) electrons. The van der Waals surface area contributed by atoms with Crippen molar-refractivity contribution in [3.05, 3.63) is 102 Å². The summed E-state index contributed by atoms with van der Waals surface area (Å²) in [7, 11) is 0. The Bertz CT molecular complexity index is 1300. The first-order valence-electron chi connectivity index (χ1n) is 12.9. The third-order valence-corrected chi connectivity index (χ3v) is 6.76. The second-order valence-corrected chi connectivity index (χ2v) is 9.44. The highest BCUT2D eigenvalue weighted by Crippen LogP contribution is 2.39. The van der Waals surface area contributed by atoms with Crippen LogP contribution in [0.25, 0.3) is 28.2 Å². The van der Waals surface area contributed by atoms with Gasteiger partial charge in [-0.25, -0.2) is 4.98 Å². The van der Waals surface area contributed by atoms with E-state index in [0.29, 0.717) is 11.6 Å². The summed E-state index contributed by atoms with van der Waals surface area (Å²) in [4.78, 5) is 15.9. The second-order valence-electron chi connectivity index (χ2n) is 9.44. The van der Waals surface area contributed by atoms with Gasteiger partial charge in [-0.3, -0.25) is 0 Å². The van der Waals surface area contributed by atoms with Crippen molar-refractivity contribution in [2.24, 2.45) is 5.92 Å². The number of carbonyl (C=O) groups is 1. The number of carboxylic acid groups (broad SMARTS) is 1. The van der Waals surface area contributed by atoms with Crippen molar-refractivity contribution in [2.75, 3.05) is 6.61 Å². The Balaban J connectivity index is 1.51. The SMILES string of the molecule is O=C([O-])COc1cccc(CC2CCCCC/C=C\2c2nc(-c3ccccc3)c(-c3ccccc3)o2)c1. The molecule has 0 amide bonds. The summed E-state index contributed by atoms with van der Waals surface area (Å²) in [6.07, 6.45) is 8.60. The van der Waals surface area contributed by atoms with Gasteiger partial charge in [0.1, 0.15) is 18.1 Å². The van der Waals surface area contributed by atoms with Crippen LogP contribution in [0.1, 0.15) is 43.6 Å². The highest BCUT2D eigenvalue weighted by atomic mass is 16.5. The molecule has 5 rings (SSSR count). The number of carbonyl (C=O) groups excluding carboxylic acids is 1. The minimum absolute atomic E-state index is 0.225. The molecule has 1 heterocycles. The Hall–Kier alpha value is -4.12. The highest BCUT2D eigenvalue weighted by molar-refractivity contribution is 5.79. The van der Waals surface area contributed by atoms with Crippen LogP contribution in [0.5, 0.6) is 5.75 Å². The molecule has 188 valence electrons. The summed E-state index contributed by atoms with van der Waals surface area (Å²) in [5, 5.41) is 10.8. The van der Waals surface area contributed by atoms with E-state index in [2.05, 4.69) is 36.4 Å². The second kappa shape index (κ2) is 11.7. The van der Waals surface area contributed by atoms with E-state index in [1.165, 1.54) is 6.42 Å². The predicted molar refractivity (Wildman–Crippen MR) is 143 cm³/mol. The lowest BCUT2D eigenvalue weighted by Crippen LogP contribution is -2.28. The van der Waals surface area contributed by atoms with Crippen LogP contribution in [-0.4, -0.2) is 17.6 Å². The van der Waals surface area contributed by atoms with Crippen LogP contribution in [0.3, 0.4) is 0 Å². The molecule has 5 nitrogen and oxygen atoms in total. The highest BCUT2D eigenvalue weighted by Gasteiger charge is 2.25. The minimum atomic E-state index is -1.23. The van der Waals surface area contributed by atoms with Crippen LogP contribution in [0.2, 0.25) is 0 Å². The fraction of sp³-hybridized carbons (Fsp3) is 0.250. The van der Waals surface area contributed by atoms with Gasteiger partial charge >= 0.3 is 0 Å². The van der Waals surface area contributed by atoms with Crippen molar-refractivity contribution < 1.29 is 19.1 Å². The monoisotopic (exact) mass is 492 g/mol. The van der Waals surface area contributed by atoms with Gasteiger partial charge in [-0.15, -0.1) is 0 Å². The number of carboxylic acids is 1. The van der Waals surface area contributed by atoms with Crippen LogP contribution in [0.4, 0.5) is 0 Å². The van der Waals surface area contributed by atoms with Gasteiger partial charge in [0.25, 0.3) is 0 Å². The molecule has 1 aliphatic rings. The summed E-state index contributed by atoms with van der Waals surface area (Å²) >= 11 is 0. The fourth-order valence-corrected chi connectivity index (χ4v) is 4.98. The Morgan fingerprint density at radius 3 is 2.43 bits per heavy atom. The lowest BCUT2D eigenvalue weighted by Gasteiger charge is -2.21. The van der Waals surface area contributed by atoms with Crippen LogP contribution in [0.15, 0.2) is 95.4 Å². The maximum atomic E-state index is 10.8. The van der Waals surface area contributed by atoms with Crippen molar-refractivity contribution in [1.82, 2.24) is 4.98 Å². The fourth-order valence-electron chi connectivity index (χ4n) is 4.98. The van der Waals surface area contributed by atoms with E-state index in [1.807, 2.05) is 48.5 Å². The Labute approximate surface area is 217 Å². The maximum Gasteiger partial charge on any atom is 0.223 e. The summed E-state index contributed by atoms with van der Waals surface area (Å²) in [6, 6.07) is 28.0. The predicted octanol–water partition coefficient (Wildman–Crippen LogP) is 6.34. The molecule has 1 aliphatic carbocycles. The van der Waals surface area contributed by atoms with E-state index in [1.54, 1.807) is 6.07 Å². The quantitative estimate of drug-likeness (QED) is 0.287. The van der Waals surface area contributed by atoms with E-state index in [9.17, 15) is 9.90 Å². The van der Waals surface area contributed by atoms with Gasteiger partial charge in [0, 0.05) is 16.7 Å². The number of allylic oxidation sites excluding steroid dienone is 2. The van der Waals surface area contributed by atoms with Crippen LogP contribution >= 0.6 is 0 Å². The summed E-state index contributed by atoms with van der Waals surface area (Å²) < 4.78 is 11.9. The zero-order chi connectivity index (χ0) is 25.5. The molecular formula is C32H30NO4-. The standard InChI is InChI=1S/C32H31NO4/c34-29(35)22-36-27-18-11-12-23(21-27)20-26-17-5-1-2-10-19-28(26)32-33-30(24-13-6-3-7-14-24)31(37-32)25-15-8-4-9-16-25/h3-4,6-9,11-16,18-19,21,26H,1-2,5,10,17,20,22H2,(H,34,35)/p-1/b28-19+. The number of aliphatic carboxylic acids is 1. The van der Waals surface area contributed by atoms with E-state index < -0.39 is 12.6 Å². The molecule has 37 heavy (non-hydrogen) atoms. The molecule has 0 aliphatic heterocycles. The first-order chi connectivity index (χ1) is 18.2. The molecule has 1 atom stereocenters. The Morgan fingerprint density at radius 2 is 1.68 bits per heavy atom. The van der Waals surface area contributed by atoms with E-state index in [4.69, 9.17) is 14.1 Å². The first kappa shape index (κ1) is 24.6. The van der Waals surface area contributed by atoms with Crippen molar-refractivity contribution >= 4 is 11.5 Å². The minimum Gasteiger partial charge on any atom is -0.546 e. The molecule has 1 aromatic heterocycles. The van der Waals surface area contributed by atoms with E-state index in [0.717, 1.165) is 65.8 Å². The molecule has 0 spiro atoms. The molecular weight excluding hydrogens is 462 g/mol. The van der Waals surface area contributed by atoms with Gasteiger partial charge < -0.3 is 19.1 Å². The van der Waals surface area contributed by atoms with Gasteiger partial charge in [0.15, 0.2) is 5.76 Å². The van der Waals surface area contributed by atoms with Gasteiger partial charge in [-0.05, 0) is 49.3 Å². The number of aromatic nitrogens is 1. The number of oxazole rings is 1. The number of hydrogen-bond donors (Lipinski definition) is 0. The van der Waals surface area contributed by atoms with Crippen molar-refractivity contribution in [3.63, 3.8) is 0 Å². The Kier molecular flexibility index (Phi) is 7.80. The van der Waals surface area contributed by atoms with Crippen LogP contribution in [-0.2, 0) is 11.2 Å². The van der Waals surface area contributed by atoms with Crippen molar-refractivity contribution in [2.45, 2.75) is 38.5 Å². The van der Waals surface area contributed by atoms with Crippen LogP contribution < -0.4 is 9.84 Å². The molecule has 3 aromatic carbocycles. The van der Waals surface area contributed by atoms with E-state index in [-0.39, 0.29) is 5.92 Å². The third-order valence-electron chi connectivity index (χ3n) is 6.76. The zero-order valence-corrected chi connectivity index (χ0v) is 20.8. The smallest absolute Gasteiger partial charge is 0.223 e. The lowest BCUT2D eigenvalue weighted by atomic mass is 9.84. The average Bonchev–Trinajstić information content (AvgIpc) is 3.36. The molecule has 4 aromatic rings. The topological polar surface area (TPSA) is 75.4 Å². The summed E-state index contributed by atoms with van der Waals surface area (Å²) in [5.41, 5.74) is 5.10. The molecule has 5 heteroatoms. The van der Waals surface area contributed by atoms with Crippen LogP contribution in [0, 0.1) is 5.92 Å². The molecule has 0 bridgehead atoms. The molecule has 0 N–H and O–H groups in total. The number of hydrogen-bond acceptors (Lipinski definition) is 5. The van der Waals surface area contributed by atoms with Gasteiger partial charge in [-0.2, -0.15) is 0 Å². The molecule has 0 fully saturated rings. The van der Waals surface area contributed by atoms with Gasteiger partial charge in [0.05, 0.1) is 5.97 Å². The number of nitrogens with zero attached hydrogens (tertiary/aromatic N) is 1. The molecule has 1 unspecified atom stereocenters. The average molecular weight is 493 g/mol. The Morgan fingerprint density at radius 1 is 0.919 bits per heavy atom. The van der Waals surface area contributed by atoms with Gasteiger partial charge in [0.2, 0.25) is 5.89 Å². The van der Waals surface area contributed by atoms with Crippen molar-refractivity contribution in [1.29, 1.82) is 0 Å². The van der Waals surface area contributed by atoms with Gasteiger partial charge in [-0.1, -0.05) is 91.7 Å². The molecule has 0 saturated carbocycles. The largest absolute Gasteiger partial charge is 0.546 e. The third kappa shape index (κ3) is 6.18. The number of ether oxygens (including phenoxy) is 1. The lowest BCUT2D eigenvalue weighted by molar-refractivity contribution is -0.307. The number of rotatable bonds is 8. The number of benzene rings is 3. The summed E-state index contributed by atoms with van der Waals surface area (Å²) in [5.74, 6) is 0.979. The zero-order valence-electron chi connectivity index (χ0n) is 20.8. The maximum absolute atomic E-state index is 10.8. The normalized spacial score (nSPS) is 17.3. The summed E-state index contributed by atoms with van der Waals surface area (Å²) in [6.45, 7) is -0.459. The first-order valence-corrected chi connectivity index (χ1v) is 12.9. The van der Waals surface area contributed by atoms with E-state index >= 15 is 0 Å².